The van der Waals surface area contributed by atoms with Gasteiger partial charge in [0, 0.05) is 17.0 Å². The molecule has 0 saturated carbocycles. The summed E-state index contributed by atoms with van der Waals surface area (Å²) < 4.78 is 1.02. The van der Waals surface area contributed by atoms with Crippen LogP contribution in [0, 0.1) is 6.92 Å². The minimum absolute atomic E-state index is 0.0901. The minimum Gasteiger partial charge on any atom is -0.481 e. The fourth-order valence-corrected chi connectivity index (χ4v) is 4.53. The van der Waals surface area contributed by atoms with Gasteiger partial charge in [-0.15, -0.1) is 11.8 Å². The molecule has 9 heteroatoms. The molecule has 0 aliphatic carbocycles. The molecule has 30 heavy (non-hydrogen) atoms. The summed E-state index contributed by atoms with van der Waals surface area (Å²) in [5.41, 5.74) is 2.56. The summed E-state index contributed by atoms with van der Waals surface area (Å²) in [5, 5.41) is 14.4. The topological polar surface area (TPSA) is 108 Å². The first-order valence-electron chi connectivity index (χ1n) is 9.26. The third-order valence-electron chi connectivity index (χ3n) is 4.14. The Balaban J connectivity index is 1.59. The maximum absolute atomic E-state index is 12.6. The van der Waals surface area contributed by atoms with Gasteiger partial charge in [0.15, 0.2) is 5.13 Å². The molecule has 3 N–H and O–H groups in total. The van der Waals surface area contributed by atoms with Gasteiger partial charge in [0.05, 0.1) is 21.9 Å². The molecule has 0 bridgehead atoms. The Labute approximate surface area is 181 Å². The van der Waals surface area contributed by atoms with Gasteiger partial charge in [0.1, 0.15) is 0 Å². The van der Waals surface area contributed by atoms with Crippen LogP contribution in [0.5, 0.6) is 0 Å². The molecule has 1 heterocycles. The first-order chi connectivity index (χ1) is 14.3. The standard InChI is InChI=1S/C21H21N3O4S2/c1-12-6-7-16-17(10-12)30-21(23-16)24-20(28)13(2)29-15-5-3-4-14(11-15)22-18(25)8-9-19(26)27/h3-7,10-11,13H,8-9H2,1-2H3,(H,22,25)(H,26,27)(H,23,24,28). The van der Waals surface area contributed by atoms with Crippen LogP contribution in [0.15, 0.2) is 47.4 Å². The quantitative estimate of drug-likeness (QED) is 0.442. The lowest BCUT2D eigenvalue weighted by Crippen LogP contribution is -2.22. The molecule has 0 aliphatic rings. The molecule has 2 amide bonds. The average molecular weight is 444 g/mol. The Kier molecular flexibility index (Phi) is 7.07. The third kappa shape index (κ3) is 6.04. The summed E-state index contributed by atoms with van der Waals surface area (Å²) >= 11 is 2.80. The van der Waals surface area contributed by atoms with E-state index in [0.717, 1.165) is 20.7 Å². The number of thiazole rings is 1. The van der Waals surface area contributed by atoms with Gasteiger partial charge < -0.3 is 15.7 Å². The number of aliphatic carboxylic acids is 1. The number of aryl methyl sites for hydroxylation is 1. The van der Waals surface area contributed by atoms with E-state index in [1.807, 2.05) is 31.2 Å². The highest BCUT2D eigenvalue weighted by atomic mass is 32.2. The van der Waals surface area contributed by atoms with E-state index >= 15 is 0 Å². The second kappa shape index (κ2) is 9.73. The Hall–Kier alpha value is -2.91. The van der Waals surface area contributed by atoms with Crippen LogP contribution in [0.2, 0.25) is 0 Å². The van der Waals surface area contributed by atoms with E-state index in [1.54, 1.807) is 25.1 Å². The van der Waals surface area contributed by atoms with Crippen LogP contribution >= 0.6 is 23.1 Å². The second-order valence-electron chi connectivity index (χ2n) is 6.71. The van der Waals surface area contributed by atoms with Crippen molar-refractivity contribution in [2.45, 2.75) is 36.8 Å². The van der Waals surface area contributed by atoms with Crippen molar-refractivity contribution in [3.8, 4) is 0 Å². The number of hydrogen-bond donors (Lipinski definition) is 3. The van der Waals surface area contributed by atoms with Gasteiger partial charge in [-0.25, -0.2) is 4.98 Å². The number of benzene rings is 2. The number of fused-ring (bicyclic) bond motifs is 1. The highest BCUT2D eigenvalue weighted by Gasteiger charge is 2.17. The molecule has 0 aliphatic heterocycles. The number of carbonyl (C=O) groups excluding carboxylic acids is 2. The monoisotopic (exact) mass is 443 g/mol. The summed E-state index contributed by atoms with van der Waals surface area (Å²) in [6.45, 7) is 3.81. The van der Waals surface area contributed by atoms with Gasteiger partial charge in [-0.05, 0) is 49.7 Å². The lowest BCUT2D eigenvalue weighted by atomic mass is 10.2. The molecule has 156 valence electrons. The number of rotatable bonds is 8. The van der Waals surface area contributed by atoms with Gasteiger partial charge in [-0.3, -0.25) is 14.4 Å². The number of thioether (sulfide) groups is 1. The normalized spacial score (nSPS) is 11.8. The van der Waals surface area contributed by atoms with Crippen molar-refractivity contribution in [3.05, 3.63) is 48.0 Å². The first kappa shape index (κ1) is 21.8. The predicted octanol–water partition coefficient (Wildman–Crippen LogP) is 4.53. The van der Waals surface area contributed by atoms with Crippen LogP contribution in [0.1, 0.15) is 25.3 Å². The van der Waals surface area contributed by atoms with Crippen molar-refractivity contribution in [3.63, 3.8) is 0 Å². The number of aromatic nitrogens is 1. The summed E-state index contributed by atoms with van der Waals surface area (Å²) in [6.07, 6.45) is -0.310. The van der Waals surface area contributed by atoms with Crippen molar-refractivity contribution in [1.82, 2.24) is 4.98 Å². The highest BCUT2D eigenvalue weighted by molar-refractivity contribution is 8.00. The van der Waals surface area contributed by atoms with E-state index in [2.05, 4.69) is 15.6 Å². The van der Waals surface area contributed by atoms with Crippen molar-refractivity contribution >= 4 is 61.9 Å². The number of nitrogens with one attached hydrogen (secondary N) is 2. The largest absolute Gasteiger partial charge is 0.481 e. The zero-order valence-electron chi connectivity index (χ0n) is 16.5. The fraction of sp³-hybridized carbons (Fsp3) is 0.238. The first-order valence-corrected chi connectivity index (χ1v) is 11.0. The molecule has 3 aromatic rings. The molecule has 3 rings (SSSR count). The molecule has 2 aromatic carbocycles. The van der Waals surface area contributed by atoms with Gasteiger partial charge in [-0.2, -0.15) is 0 Å². The number of carbonyl (C=O) groups is 3. The third-order valence-corrected chi connectivity index (χ3v) is 6.17. The molecule has 7 nitrogen and oxygen atoms in total. The Bertz CT molecular complexity index is 1100. The smallest absolute Gasteiger partial charge is 0.303 e. The summed E-state index contributed by atoms with van der Waals surface area (Å²) in [5.74, 6) is -1.54. The number of amides is 2. The zero-order valence-corrected chi connectivity index (χ0v) is 18.1. The van der Waals surface area contributed by atoms with E-state index in [1.165, 1.54) is 23.1 Å². The Morgan fingerprint density at radius 2 is 1.93 bits per heavy atom. The molecule has 1 atom stereocenters. The molecule has 0 fully saturated rings. The van der Waals surface area contributed by atoms with E-state index < -0.39 is 5.97 Å². The lowest BCUT2D eigenvalue weighted by molar-refractivity contribution is -0.138. The fourth-order valence-electron chi connectivity index (χ4n) is 2.64. The van der Waals surface area contributed by atoms with Crippen molar-refractivity contribution in [1.29, 1.82) is 0 Å². The van der Waals surface area contributed by atoms with Crippen LogP contribution in [-0.2, 0) is 14.4 Å². The van der Waals surface area contributed by atoms with Crippen LogP contribution in [0.4, 0.5) is 10.8 Å². The number of anilines is 2. The lowest BCUT2D eigenvalue weighted by Gasteiger charge is -2.12. The van der Waals surface area contributed by atoms with E-state index in [-0.39, 0.29) is 29.9 Å². The Morgan fingerprint density at radius 1 is 1.13 bits per heavy atom. The molecule has 0 radical (unpaired) electrons. The van der Waals surface area contributed by atoms with Gasteiger partial charge >= 0.3 is 5.97 Å². The van der Waals surface area contributed by atoms with Crippen molar-refractivity contribution in [2.75, 3.05) is 10.6 Å². The van der Waals surface area contributed by atoms with E-state index in [0.29, 0.717) is 10.8 Å². The zero-order chi connectivity index (χ0) is 21.7. The van der Waals surface area contributed by atoms with Crippen LogP contribution in [-0.4, -0.2) is 33.1 Å². The maximum Gasteiger partial charge on any atom is 0.303 e. The predicted molar refractivity (Wildman–Crippen MR) is 120 cm³/mol. The van der Waals surface area contributed by atoms with E-state index in [9.17, 15) is 14.4 Å². The van der Waals surface area contributed by atoms with Crippen LogP contribution in [0.25, 0.3) is 10.2 Å². The van der Waals surface area contributed by atoms with Crippen LogP contribution < -0.4 is 10.6 Å². The summed E-state index contributed by atoms with van der Waals surface area (Å²) in [4.78, 5) is 40.2. The van der Waals surface area contributed by atoms with Crippen molar-refractivity contribution in [2.24, 2.45) is 0 Å². The number of carboxylic acids is 1. The summed E-state index contributed by atoms with van der Waals surface area (Å²) in [6, 6.07) is 13.1. The Morgan fingerprint density at radius 3 is 2.70 bits per heavy atom. The SMILES string of the molecule is Cc1ccc2nc(NC(=O)C(C)Sc3cccc(NC(=O)CCC(=O)O)c3)sc2c1. The molecule has 1 unspecified atom stereocenters. The van der Waals surface area contributed by atoms with Gasteiger partial charge in [0.2, 0.25) is 11.8 Å². The summed E-state index contributed by atoms with van der Waals surface area (Å²) in [7, 11) is 0. The molecule has 0 spiro atoms. The molecular formula is C21H21N3O4S2. The van der Waals surface area contributed by atoms with Gasteiger partial charge in [0.25, 0.3) is 0 Å². The van der Waals surface area contributed by atoms with Crippen molar-refractivity contribution < 1.29 is 19.5 Å². The number of nitrogens with zero attached hydrogens (tertiary/aromatic N) is 1. The minimum atomic E-state index is -1.02. The van der Waals surface area contributed by atoms with Crippen LogP contribution in [0.3, 0.4) is 0 Å². The second-order valence-corrected chi connectivity index (χ2v) is 9.15. The molecule has 0 saturated heterocycles. The molecular weight excluding hydrogens is 422 g/mol. The van der Waals surface area contributed by atoms with Gasteiger partial charge in [-0.1, -0.05) is 23.5 Å². The number of carboxylic acid groups (broad SMARTS) is 1. The maximum atomic E-state index is 12.6. The molecule has 1 aromatic heterocycles. The van der Waals surface area contributed by atoms with E-state index in [4.69, 9.17) is 5.11 Å². The number of hydrogen-bond acceptors (Lipinski definition) is 6. The highest BCUT2D eigenvalue weighted by Crippen LogP contribution is 2.29. The average Bonchev–Trinajstić information content (AvgIpc) is 3.07.